The molecule has 8 heteroatoms. The first kappa shape index (κ1) is 14.4. The number of hydrogen-bond donors (Lipinski definition) is 1. The molecule has 0 aliphatic carbocycles. The maximum Gasteiger partial charge on any atom is 0.305 e. The summed E-state index contributed by atoms with van der Waals surface area (Å²) < 4.78 is 0. The number of nitriles is 1. The molecule has 1 heterocycles. The number of pyridine rings is 1. The van der Waals surface area contributed by atoms with Gasteiger partial charge in [0.05, 0.1) is 4.92 Å². The van der Waals surface area contributed by atoms with Crippen molar-refractivity contribution < 1.29 is 9.72 Å². The standard InChI is InChI=1S/C11H13N5O3/c1-7(11(17)15(2)3)13-10-5-4-9(16(18)19)8(6-12)14-10/h4-5,7H,1-3H3,(H,13,14). The molecule has 0 aliphatic rings. The van der Waals surface area contributed by atoms with Gasteiger partial charge in [0.15, 0.2) is 0 Å². The summed E-state index contributed by atoms with van der Waals surface area (Å²) in [6.07, 6.45) is 0. The van der Waals surface area contributed by atoms with E-state index in [1.165, 1.54) is 17.0 Å². The van der Waals surface area contributed by atoms with Crippen LogP contribution in [0.4, 0.5) is 11.5 Å². The molecule has 100 valence electrons. The molecule has 0 radical (unpaired) electrons. The molecule has 8 nitrogen and oxygen atoms in total. The number of carbonyl (C=O) groups is 1. The Kier molecular flexibility index (Phi) is 4.36. The number of carbonyl (C=O) groups excluding carboxylic acids is 1. The summed E-state index contributed by atoms with van der Waals surface area (Å²) in [6.45, 7) is 1.64. The van der Waals surface area contributed by atoms with E-state index in [2.05, 4.69) is 10.3 Å². The molecule has 0 fully saturated rings. The van der Waals surface area contributed by atoms with Crippen molar-refractivity contribution in [3.63, 3.8) is 0 Å². The van der Waals surface area contributed by atoms with Gasteiger partial charge in [-0.25, -0.2) is 4.98 Å². The fraction of sp³-hybridized carbons (Fsp3) is 0.364. The molecule has 1 atom stereocenters. The van der Waals surface area contributed by atoms with Gasteiger partial charge in [-0.2, -0.15) is 5.26 Å². The number of hydrogen-bond acceptors (Lipinski definition) is 6. The smallest absolute Gasteiger partial charge is 0.305 e. The van der Waals surface area contributed by atoms with Gasteiger partial charge in [-0.15, -0.1) is 0 Å². The lowest BCUT2D eigenvalue weighted by Gasteiger charge is -2.18. The zero-order valence-corrected chi connectivity index (χ0v) is 10.7. The predicted molar refractivity (Wildman–Crippen MR) is 67.4 cm³/mol. The molecule has 19 heavy (non-hydrogen) atoms. The highest BCUT2D eigenvalue weighted by Crippen LogP contribution is 2.18. The second-order valence-corrected chi connectivity index (χ2v) is 4.03. The highest BCUT2D eigenvalue weighted by atomic mass is 16.6. The topological polar surface area (TPSA) is 112 Å². The van der Waals surface area contributed by atoms with Crippen LogP contribution in [0.3, 0.4) is 0 Å². The van der Waals surface area contributed by atoms with Gasteiger partial charge in [0, 0.05) is 20.2 Å². The minimum Gasteiger partial charge on any atom is -0.359 e. The lowest BCUT2D eigenvalue weighted by atomic mass is 10.2. The Bertz CT molecular complexity index is 550. The Hall–Kier alpha value is -2.69. The van der Waals surface area contributed by atoms with E-state index < -0.39 is 11.0 Å². The van der Waals surface area contributed by atoms with Crippen LogP contribution in [-0.2, 0) is 4.79 Å². The van der Waals surface area contributed by atoms with Gasteiger partial charge in [0.25, 0.3) is 0 Å². The van der Waals surface area contributed by atoms with Crippen LogP contribution in [0.25, 0.3) is 0 Å². The summed E-state index contributed by atoms with van der Waals surface area (Å²) in [4.78, 5) is 26.8. The van der Waals surface area contributed by atoms with E-state index in [0.29, 0.717) is 0 Å². The molecule has 1 amide bonds. The van der Waals surface area contributed by atoms with Crippen LogP contribution in [0.15, 0.2) is 12.1 Å². The van der Waals surface area contributed by atoms with Crippen molar-refractivity contribution in [2.75, 3.05) is 19.4 Å². The Labute approximate surface area is 109 Å². The van der Waals surface area contributed by atoms with Gasteiger partial charge in [-0.3, -0.25) is 14.9 Å². The largest absolute Gasteiger partial charge is 0.359 e. The SMILES string of the molecule is CC(Nc1ccc([N+](=O)[O-])c(C#N)n1)C(=O)N(C)C. The second kappa shape index (κ2) is 5.77. The quantitative estimate of drug-likeness (QED) is 0.633. The number of rotatable bonds is 4. The van der Waals surface area contributed by atoms with Crippen LogP contribution < -0.4 is 5.32 Å². The van der Waals surface area contributed by atoms with Crippen molar-refractivity contribution in [3.05, 3.63) is 27.9 Å². The lowest BCUT2D eigenvalue weighted by molar-refractivity contribution is -0.385. The van der Waals surface area contributed by atoms with Crippen LogP contribution >= 0.6 is 0 Å². The lowest BCUT2D eigenvalue weighted by Crippen LogP contribution is -2.36. The molecule has 0 bridgehead atoms. The van der Waals surface area contributed by atoms with E-state index >= 15 is 0 Å². The second-order valence-electron chi connectivity index (χ2n) is 4.03. The van der Waals surface area contributed by atoms with E-state index in [1.807, 2.05) is 0 Å². The molecule has 1 aromatic rings. The minimum absolute atomic E-state index is 0.168. The maximum absolute atomic E-state index is 11.6. The van der Waals surface area contributed by atoms with Crippen LogP contribution in [0.5, 0.6) is 0 Å². The summed E-state index contributed by atoms with van der Waals surface area (Å²) in [6, 6.07) is 3.65. The van der Waals surface area contributed by atoms with Crippen molar-refractivity contribution >= 4 is 17.4 Å². The molecule has 1 unspecified atom stereocenters. The third-order valence-electron chi connectivity index (χ3n) is 2.35. The number of amides is 1. The Morgan fingerprint density at radius 1 is 1.58 bits per heavy atom. The monoisotopic (exact) mass is 263 g/mol. The van der Waals surface area contributed by atoms with Crippen LogP contribution in [0.1, 0.15) is 12.6 Å². The molecular formula is C11H13N5O3. The highest BCUT2D eigenvalue weighted by Gasteiger charge is 2.18. The number of aromatic nitrogens is 1. The molecular weight excluding hydrogens is 250 g/mol. The maximum atomic E-state index is 11.6. The van der Waals surface area contributed by atoms with Gasteiger partial charge < -0.3 is 10.2 Å². The fourth-order valence-electron chi connectivity index (χ4n) is 1.43. The fourth-order valence-corrected chi connectivity index (χ4v) is 1.43. The first-order chi connectivity index (χ1) is 8.86. The zero-order valence-electron chi connectivity index (χ0n) is 10.7. The molecule has 1 aromatic heterocycles. The molecule has 1 rings (SSSR count). The Balaban J connectivity index is 2.96. The van der Waals surface area contributed by atoms with Crippen LogP contribution in [0, 0.1) is 21.4 Å². The molecule has 0 aliphatic heterocycles. The zero-order chi connectivity index (χ0) is 14.6. The van der Waals surface area contributed by atoms with E-state index in [-0.39, 0.29) is 23.1 Å². The molecule has 0 aromatic carbocycles. The van der Waals surface area contributed by atoms with E-state index in [1.54, 1.807) is 27.1 Å². The van der Waals surface area contributed by atoms with Gasteiger partial charge in [-0.1, -0.05) is 0 Å². The van der Waals surface area contributed by atoms with Crippen molar-refractivity contribution in [1.82, 2.24) is 9.88 Å². The van der Waals surface area contributed by atoms with E-state index in [9.17, 15) is 14.9 Å². The van der Waals surface area contributed by atoms with Gasteiger partial charge in [0.2, 0.25) is 11.6 Å². The van der Waals surface area contributed by atoms with Crippen molar-refractivity contribution in [2.24, 2.45) is 0 Å². The van der Waals surface area contributed by atoms with Gasteiger partial charge in [0.1, 0.15) is 17.9 Å². The predicted octanol–water partition coefficient (Wildman–Crippen LogP) is 0.750. The summed E-state index contributed by atoms with van der Waals surface area (Å²) in [5.74, 6) is 0.0727. The number of nitrogens with zero attached hydrogens (tertiary/aromatic N) is 4. The van der Waals surface area contributed by atoms with Gasteiger partial charge in [-0.05, 0) is 13.0 Å². The summed E-state index contributed by atoms with van der Waals surface area (Å²) in [7, 11) is 3.23. The molecule has 0 spiro atoms. The Morgan fingerprint density at radius 2 is 2.21 bits per heavy atom. The van der Waals surface area contributed by atoms with Crippen molar-refractivity contribution in [3.8, 4) is 6.07 Å². The van der Waals surface area contributed by atoms with Gasteiger partial charge >= 0.3 is 5.69 Å². The van der Waals surface area contributed by atoms with Crippen LogP contribution in [-0.4, -0.2) is 40.9 Å². The Morgan fingerprint density at radius 3 is 2.68 bits per heavy atom. The summed E-state index contributed by atoms with van der Waals surface area (Å²) >= 11 is 0. The van der Waals surface area contributed by atoms with E-state index in [0.717, 1.165) is 0 Å². The number of nitrogens with one attached hydrogen (secondary N) is 1. The number of likely N-dealkylation sites (N-methyl/N-ethyl adjacent to an activating group) is 1. The molecule has 0 saturated heterocycles. The average molecular weight is 263 g/mol. The molecule has 1 N–H and O–H groups in total. The molecule has 0 saturated carbocycles. The third kappa shape index (κ3) is 3.38. The van der Waals surface area contributed by atoms with Crippen molar-refractivity contribution in [1.29, 1.82) is 5.26 Å². The number of nitro groups is 1. The highest BCUT2D eigenvalue weighted by molar-refractivity contribution is 5.83. The van der Waals surface area contributed by atoms with E-state index in [4.69, 9.17) is 5.26 Å². The first-order valence-electron chi connectivity index (χ1n) is 5.40. The average Bonchev–Trinajstić information content (AvgIpc) is 2.36. The van der Waals surface area contributed by atoms with Crippen molar-refractivity contribution in [2.45, 2.75) is 13.0 Å². The number of anilines is 1. The minimum atomic E-state index is -0.677. The van der Waals surface area contributed by atoms with Crippen LogP contribution in [0.2, 0.25) is 0 Å². The first-order valence-corrected chi connectivity index (χ1v) is 5.40. The third-order valence-corrected chi connectivity index (χ3v) is 2.35. The summed E-state index contributed by atoms with van der Waals surface area (Å²) in [5.41, 5.74) is -0.654. The summed E-state index contributed by atoms with van der Waals surface area (Å²) in [5, 5.41) is 22.2. The normalized spacial score (nSPS) is 11.3.